The van der Waals surface area contributed by atoms with Gasteiger partial charge in [0.2, 0.25) is 0 Å². The second-order valence-electron chi connectivity index (χ2n) is 4.37. The molecule has 0 amide bonds. The van der Waals surface area contributed by atoms with Gasteiger partial charge < -0.3 is 4.74 Å². The summed E-state index contributed by atoms with van der Waals surface area (Å²) in [5, 5.41) is 2.36. The standard InChI is InChI=1S/C17H13BrO/c1-19-17-7-3-5-15-14(4-2-6-16(15)17)12-8-10-13(18)11-9-12/h2-11H,1H3. The minimum atomic E-state index is 0.913. The maximum Gasteiger partial charge on any atom is 0.126 e. The third-order valence-electron chi connectivity index (χ3n) is 3.26. The van der Waals surface area contributed by atoms with Crippen LogP contribution in [0.3, 0.4) is 0 Å². The van der Waals surface area contributed by atoms with E-state index in [-0.39, 0.29) is 0 Å². The number of ether oxygens (including phenoxy) is 1. The Morgan fingerprint density at radius 3 is 2.21 bits per heavy atom. The van der Waals surface area contributed by atoms with Gasteiger partial charge in [0.25, 0.3) is 0 Å². The van der Waals surface area contributed by atoms with Crippen LogP contribution >= 0.6 is 15.9 Å². The zero-order valence-corrected chi connectivity index (χ0v) is 12.1. The second kappa shape index (κ2) is 5.06. The van der Waals surface area contributed by atoms with Crippen molar-refractivity contribution in [1.29, 1.82) is 0 Å². The van der Waals surface area contributed by atoms with Gasteiger partial charge in [-0.05, 0) is 34.7 Å². The van der Waals surface area contributed by atoms with Gasteiger partial charge in [-0.3, -0.25) is 0 Å². The maximum absolute atomic E-state index is 5.43. The summed E-state index contributed by atoms with van der Waals surface area (Å²) in [6.07, 6.45) is 0. The van der Waals surface area contributed by atoms with Crippen molar-refractivity contribution in [3.8, 4) is 16.9 Å². The predicted octanol–water partition coefficient (Wildman–Crippen LogP) is 5.28. The maximum atomic E-state index is 5.43. The number of benzene rings is 3. The summed E-state index contributed by atoms with van der Waals surface area (Å²) >= 11 is 3.47. The van der Waals surface area contributed by atoms with Gasteiger partial charge in [0.15, 0.2) is 0 Å². The number of methoxy groups -OCH3 is 1. The van der Waals surface area contributed by atoms with Crippen molar-refractivity contribution in [1.82, 2.24) is 0 Å². The van der Waals surface area contributed by atoms with Crippen LogP contribution in [0.2, 0.25) is 0 Å². The molecule has 3 aromatic rings. The molecule has 0 radical (unpaired) electrons. The minimum Gasteiger partial charge on any atom is -0.496 e. The molecule has 2 heteroatoms. The fourth-order valence-electron chi connectivity index (χ4n) is 2.34. The lowest BCUT2D eigenvalue weighted by atomic mass is 9.98. The average molecular weight is 313 g/mol. The lowest BCUT2D eigenvalue weighted by Crippen LogP contribution is -1.86. The van der Waals surface area contributed by atoms with E-state index in [4.69, 9.17) is 4.74 Å². The molecule has 0 aromatic heterocycles. The van der Waals surface area contributed by atoms with E-state index in [1.165, 1.54) is 16.5 Å². The molecule has 3 rings (SSSR count). The molecule has 0 fully saturated rings. The molecule has 19 heavy (non-hydrogen) atoms. The molecule has 0 heterocycles. The first kappa shape index (κ1) is 12.2. The quantitative estimate of drug-likeness (QED) is 0.625. The molecule has 0 spiro atoms. The molecule has 0 unspecified atom stereocenters. The first-order chi connectivity index (χ1) is 9.29. The molecule has 1 nitrogen and oxygen atoms in total. The molecular weight excluding hydrogens is 300 g/mol. The summed E-state index contributed by atoms with van der Waals surface area (Å²) in [7, 11) is 1.71. The van der Waals surface area contributed by atoms with Gasteiger partial charge in [-0.1, -0.05) is 58.4 Å². The molecule has 0 bridgehead atoms. The van der Waals surface area contributed by atoms with Crippen LogP contribution in [0.1, 0.15) is 0 Å². The monoisotopic (exact) mass is 312 g/mol. The molecule has 0 N–H and O–H groups in total. The Hall–Kier alpha value is -1.80. The first-order valence-corrected chi connectivity index (χ1v) is 6.90. The number of halogens is 1. The number of rotatable bonds is 2. The van der Waals surface area contributed by atoms with Crippen LogP contribution in [0, 0.1) is 0 Å². The Balaban J connectivity index is 2.27. The Kier molecular flexibility index (Phi) is 3.26. The molecule has 0 aliphatic rings. The van der Waals surface area contributed by atoms with E-state index in [0.717, 1.165) is 15.6 Å². The van der Waals surface area contributed by atoms with Gasteiger partial charge >= 0.3 is 0 Å². The van der Waals surface area contributed by atoms with Gasteiger partial charge in [-0.2, -0.15) is 0 Å². The zero-order chi connectivity index (χ0) is 13.2. The molecular formula is C17H13BrO. The molecule has 94 valence electrons. The van der Waals surface area contributed by atoms with Crippen molar-refractivity contribution < 1.29 is 4.74 Å². The van der Waals surface area contributed by atoms with Crippen molar-refractivity contribution in [2.75, 3.05) is 7.11 Å². The minimum absolute atomic E-state index is 0.913. The molecule has 0 aliphatic carbocycles. The number of hydrogen-bond donors (Lipinski definition) is 0. The summed E-state index contributed by atoms with van der Waals surface area (Å²) in [4.78, 5) is 0. The van der Waals surface area contributed by atoms with Crippen molar-refractivity contribution in [3.05, 3.63) is 65.1 Å². The van der Waals surface area contributed by atoms with Crippen LogP contribution in [-0.2, 0) is 0 Å². The topological polar surface area (TPSA) is 9.23 Å². The van der Waals surface area contributed by atoms with Gasteiger partial charge in [-0.15, -0.1) is 0 Å². The molecule has 0 saturated carbocycles. The summed E-state index contributed by atoms with van der Waals surface area (Å²) in [5.41, 5.74) is 2.44. The smallest absolute Gasteiger partial charge is 0.126 e. The van der Waals surface area contributed by atoms with Crippen molar-refractivity contribution in [2.45, 2.75) is 0 Å². The van der Waals surface area contributed by atoms with Gasteiger partial charge in [-0.25, -0.2) is 0 Å². The Labute approximate surface area is 121 Å². The van der Waals surface area contributed by atoms with E-state index >= 15 is 0 Å². The molecule has 0 saturated heterocycles. The number of fused-ring (bicyclic) bond motifs is 1. The fourth-order valence-corrected chi connectivity index (χ4v) is 2.60. The van der Waals surface area contributed by atoms with Crippen molar-refractivity contribution in [2.24, 2.45) is 0 Å². The second-order valence-corrected chi connectivity index (χ2v) is 5.28. The normalized spacial score (nSPS) is 10.6. The third-order valence-corrected chi connectivity index (χ3v) is 3.79. The average Bonchev–Trinajstić information content (AvgIpc) is 2.47. The van der Waals surface area contributed by atoms with Crippen LogP contribution in [-0.4, -0.2) is 7.11 Å². The van der Waals surface area contributed by atoms with E-state index in [1.54, 1.807) is 7.11 Å². The third kappa shape index (κ3) is 2.24. The number of hydrogen-bond acceptors (Lipinski definition) is 1. The summed E-state index contributed by atoms with van der Waals surface area (Å²) in [6.45, 7) is 0. The van der Waals surface area contributed by atoms with E-state index in [2.05, 4.69) is 64.5 Å². The van der Waals surface area contributed by atoms with Gasteiger partial charge in [0.05, 0.1) is 7.11 Å². The van der Waals surface area contributed by atoms with Crippen LogP contribution in [0.15, 0.2) is 65.1 Å². The van der Waals surface area contributed by atoms with Crippen LogP contribution in [0.5, 0.6) is 5.75 Å². The van der Waals surface area contributed by atoms with Crippen LogP contribution in [0.25, 0.3) is 21.9 Å². The highest BCUT2D eigenvalue weighted by atomic mass is 79.9. The van der Waals surface area contributed by atoms with E-state index in [9.17, 15) is 0 Å². The summed E-state index contributed by atoms with van der Waals surface area (Å²) in [6, 6.07) is 20.8. The van der Waals surface area contributed by atoms with Gasteiger partial charge in [0.1, 0.15) is 5.75 Å². The van der Waals surface area contributed by atoms with E-state index in [0.29, 0.717) is 0 Å². The summed E-state index contributed by atoms with van der Waals surface area (Å²) < 4.78 is 6.52. The van der Waals surface area contributed by atoms with Gasteiger partial charge in [0, 0.05) is 9.86 Å². The van der Waals surface area contributed by atoms with Crippen LogP contribution in [0.4, 0.5) is 0 Å². The van der Waals surface area contributed by atoms with Crippen molar-refractivity contribution >= 4 is 26.7 Å². The zero-order valence-electron chi connectivity index (χ0n) is 10.6. The van der Waals surface area contributed by atoms with Crippen molar-refractivity contribution in [3.63, 3.8) is 0 Å². The highest BCUT2D eigenvalue weighted by Crippen LogP contribution is 2.33. The molecule has 0 atom stereocenters. The van der Waals surface area contributed by atoms with E-state index in [1.807, 2.05) is 12.1 Å². The predicted molar refractivity (Wildman–Crippen MR) is 83.6 cm³/mol. The highest BCUT2D eigenvalue weighted by Gasteiger charge is 2.06. The highest BCUT2D eigenvalue weighted by molar-refractivity contribution is 9.10. The Bertz CT molecular complexity index is 717. The largest absolute Gasteiger partial charge is 0.496 e. The molecule has 0 aliphatic heterocycles. The lowest BCUT2D eigenvalue weighted by molar-refractivity contribution is 0.420. The van der Waals surface area contributed by atoms with E-state index < -0.39 is 0 Å². The fraction of sp³-hybridized carbons (Fsp3) is 0.0588. The Morgan fingerprint density at radius 2 is 1.47 bits per heavy atom. The SMILES string of the molecule is COc1cccc2c(-c3ccc(Br)cc3)cccc12. The van der Waals surface area contributed by atoms with Crippen LogP contribution < -0.4 is 4.74 Å². The summed E-state index contributed by atoms with van der Waals surface area (Å²) in [5.74, 6) is 0.913. The Morgan fingerprint density at radius 1 is 0.789 bits per heavy atom. The lowest BCUT2D eigenvalue weighted by Gasteiger charge is -2.10. The molecule has 3 aromatic carbocycles. The first-order valence-electron chi connectivity index (χ1n) is 6.11.